The van der Waals surface area contributed by atoms with Gasteiger partial charge in [0.25, 0.3) is 17.5 Å². The number of rotatable bonds is 5. The van der Waals surface area contributed by atoms with Crippen molar-refractivity contribution < 1.29 is 24.0 Å². The average Bonchev–Trinajstić information content (AvgIpc) is 3.17. The van der Waals surface area contributed by atoms with Gasteiger partial charge in [0.1, 0.15) is 23.2 Å². The first kappa shape index (κ1) is 21.2. The number of carbonyl (C=O) groups is 2. The fraction of sp³-hybridized carbons (Fsp3) is 0.150. The van der Waals surface area contributed by atoms with Crippen LogP contribution < -0.4 is 0 Å². The molecule has 152 valence electrons. The number of nitro benzene ring substituents is 1. The molecule has 0 fully saturated rings. The summed E-state index contributed by atoms with van der Waals surface area (Å²) in [5, 5.41) is 29.3. The van der Waals surface area contributed by atoms with Crippen molar-refractivity contribution in [1.29, 1.82) is 5.26 Å². The zero-order chi connectivity index (χ0) is 22.0. The zero-order valence-corrected chi connectivity index (χ0v) is 17.2. The maximum Gasteiger partial charge on any atom is 0.271 e. The highest BCUT2D eigenvalue weighted by atomic mass is 79.9. The highest BCUT2D eigenvalue weighted by Gasteiger charge is 2.35. The fourth-order valence-corrected chi connectivity index (χ4v) is 3.53. The Balaban J connectivity index is 2.02. The Morgan fingerprint density at radius 3 is 2.63 bits per heavy atom. The number of β-amino-alcohol motifs (C(OH)–C–C–N with tert-alkyl or cyclic N) is 1. The van der Waals surface area contributed by atoms with Crippen LogP contribution in [0.3, 0.4) is 0 Å². The number of amides is 2. The number of hydrogen-bond acceptors (Lipinski definition) is 7. The normalized spacial score (nSPS) is 15.7. The Morgan fingerprint density at radius 1 is 1.30 bits per heavy atom. The summed E-state index contributed by atoms with van der Waals surface area (Å²) in [7, 11) is 0. The van der Waals surface area contributed by atoms with Gasteiger partial charge in [0.05, 0.1) is 18.1 Å². The van der Waals surface area contributed by atoms with Gasteiger partial charge in [-0.2, -0.15) is 5.26 Å². The lowest BCUT2D eigenvalue weighted by Crippen LogP contribution is -2.44. The summed E-state index contributed by atoms with van der Waals surface area (Å²) in [5.74, 6) is -0.702. The maximum atomic E-state index is 12.7. The molecule has 2 heterocycles. The molecule has 1 aromatic carbocycles. The molecular formula is C20H14BrN3O6. The van der Waals surface area contributed by atoms with Gasteiger partial charge in [0, 0.05) is 27.7 Å². The standard InChI is InChI=1S/C20H14BrN3O6/c1-11-15(19(26)23(6-7-25)20(27)16(11)10-22)9-13-3-5-18(30-13)14-4-2-12(24(28)29)8-17(14)21/h2-5,8-9,25H,6-7H2,1H3/b15-9+. The molecule has 0 unspecified atom stereocenters. The van der Waals surface area contributed by atoms with Crippen LogP contribution in [0.2, 0.25) is 0 Å². The van der Waals surface area contributed by atoms with Crippen LogP contribution in [0.1, 0.15) is 12.7 Å². The first-order valence-corrected chi connectivity index (χ1v) is 9.42. The van der Waals surface area contributed by atoms with Gasteiger partial charge < -0.3 is 9.52 Å². The van der Waals surface area contributed by atoms with Gasteiger partial charge in [-0.25, -0.2) is 0 Å². The Hall–Kier alpha value is -3.55. The molecule has 0 saturated carbocycles. The van der Waals surface area contributed by atoms with E-state index in [2.05, 4.69) is 15.9 Å². The number of halogens is 1. The van der Waals surface area contributed by atoms with Gasteiger partial charge in [0.15, 0.2) is 0 Å². The number of furan rings is 1. The number of nitrogens with zero attached hydrogens (tertiary/aromatic N) is 3. The van der Waals surface area contributed by atoms with Crippen LogP contribution in [0.15, 0.2) is 55.9 Å². The van der Waals surface area contributed by atoms with Crippen LogP contribution in [0.5, 0.6) is 0 Å². The second kappa shape index (κ2) is 8.44. The Kier molecular flexibility index (Phi) is 5.96. The first-order chi connectivity index (χ1) is 14.3. The second-order valence-electron chi connectivity index (χ2n) is 6.28. The summed E-state index contributed by atoms with van der Waals surface area (Å²) < 4.78 is 6.21. The maximum absolute atomic E-state index is 12.7. The third kappa shape index (κ3) is 3.80. The summed E-state index contributed by atoms with van der Waals surface area (Å²) in [6, 6.07) is 9.25. The molecule has 1 aliphatic rings. The van der Waals surface area contributed by atoms with Crippen LogP contribution in [-0.2, 0) is 9.59 Å². The van der Waals surface area contributed by atoms with E-state index >= 15 is 0 Å². The Labute approximate surface area is 178 Å². The number of hydrogen-bond donors (Lipinski definition) is 1. The van der Waals surface area contributed by atoms with Crippen LogP contribution >= 0.6 is 15.9 Å². The molecular weight excluding hydrogens is 458 g/mol. The molecule has 1 N–H and O–H groups in total. The Bertz CT molecular complexity index is 1170. The summed E-state index contributed by atoms with van der Waals surface area (Å²) in [6.45, 7) is 0.835. The van der Waals surface area contributed by atoms with Crippen molar-refractivity contribution in [3.05, 3.63) is 67.4 Å². The monoisotopic (exact) mass is 471 g/mol. The highest BCUT2D eigenvalue weighted by molar-refractivity contribution is 9.10. The van der Waals surface area contributed by atoms with Crippen molar-refractivity contribution in [2.45, 2.75) is 6.92 Å². The zero-order valence-electron chi connectivity index (χ0n) is 15.6. The lowest BCUT2D eigenvalue weighted by Gasteiger charge is -2.26. The van der Waals surface area contributed by atoms with E-state index in [9.17, 15) is 25.0 Å². The van der Waals surface area contributed by atoms with Gasteiger partial charge in [-0.3, -0.25) is 24.6 Å². The molecule has 0 bridgehead atoms. The van der Waals surface area contributed by atoms with Gasteiger partial charge in [0.2, 0.25) is 0 Å². The molecule has 1 aromatic heterocycles. The topological polar surface area (TPSA) is 138 Å². The van der Waals surface area contributed by atoms with E-state index in [1.54, 1.807) is 18.2 Å². The van der Waals surface area contributed by atoms with Gasteiger partial charge >= 0.3 is 0 Å². The first-order valence-electron chi connectivity index (χ1n) is 8.62. The third-order valence-corrected chi connectivity index (χ3v) is 5.15. The lowest BCUT2D eigenvalue weighted by molar-refractivity contribution is -0.384. The second-order valence-corrected chi connectivity index (χ2v) is 7.13. The van der Waals surface area contributed by atoms with Gasteiger partial charge in [-0.1, -0.05) is 0 Å². The Morgan fingerprint density at radius 2 is 2.03 bits per heavy atom. The molecule has 0 spiro atoms. The smallest absolute Gasteiger partial charge is 0.271 e. The van der Waals surface area contributed by atoms with E-state index in [-0.39, 0.29) is 34.7 Å². The minimum absolute atomic E-state index is 0.0780. The quantitative estimate of drug-likeness (QED) is 0.305. The molecule has 9 nitrogen and oxygen atoms in total. The number of aliphatic hydroxyl groups excluding tert-OH is 1. The van der Waals surface area contributed by atoms with Crippen molar-refractivity contribution in [1.82, 2.24) is 4.90 Å². The van der Waals surface area contributed by atoms with Crippen LogP contribution in [-0.4, -0.2) is 39.9 Å². The summed E-state index contributed by atoms with van der Waals surface area (Å²) in [6.07, 6.45) is 1.41. The van der Waals surface area contributed by atoms with Crippen LogP contribution in [0.25, 0.3) is 17.4 Å². The predicted molar refractivity (Wildman–Crippen MR) is 109 cm³/mol. The van der Waals surface area contributed by atoms with Gasteiger partial charge in [-0.05, 0) is 52.7 Å². The molecule has 1 aliphatic heterocycles. The predicted octanol–water partition coefficient (Wildman–Crippen LogP) is 3.20. The number of non-ortho nitro benzene ring substituents is 1. The van der Waals surface area contributed by atoms with E-state index < -0.39 is 23.3 Å². The fourth-order valence-electron chi connectivity index (χ4n) is 2.97. The largest absolute Gasteiger partial charge is 0.457 e. The van der Waals surface area contributed by atoms with Crippen molar-refractivity contribution in [2.75, 3.05) is 13.2 Å². The van der Waals surface area contributed by atoms with Crippen LogP contribution in [0.4, 0.5) is 5.69 Å². The van der Waals surface area contributed by atoms with E-state index in [0.29, 0.717) is 15.8 Å². The van der Waals surface area contributed by atoms with Crippen LogP contribution in [0, 0.1) is 21.4 Å². The molecule has 0 saturated heterocycles. The van der Waals surface area contributed by atoms with Gasteiger partial charge in [-0.15, -0.1) is 0 Å². The minimum Gasteiger partial charge on any atom is -0.457 e. The van der Waals surface area contributed by atoms with E-state index in [4.69, 9.17) is 9.52 Å². The minimum atomic E-state index is -0.749. The lowest BCUT2D eigenvalue weighted by atomic mass is 9.95. The number of nitriles is 1. The van der Waals surface area contributed by atoms with Crippen molar-refractivity contribution in [3.8, 4) is 17.4 Å². The number of imide groups is 1. The average molecular weight is 472 g/mol. The number of nitro groups is 1. The molecule has 30 heavy (non-hydrogen) atoms. The number of aliphatic hydroxyl groups is 1. The third-order valence-electron chi connectivity index (χ3n) is 4.49. The molecule has 0 radical (unpaired) electrons. The SMILES string of the molecule is CC1=C(C#N)C(=O)N(CCO)C(=O)/C1=C/c1ccc(-c2ccc([N+](=O)[O-])cc2Br)o1. The van der Waals surface area contributed by atoms with Crippen molar-refractivity contribution in [3.63, 3.8) is 0 Å². The number of carbonyl (C=O) groups excluding carboxylic acids is 2. The molecule has 0 atom stereocenters. The summed E-state index contributed by atoms with van der Waals surface area (Å²) in [5.41, 5.74) is 0.631. The van der Waals surface area contributed by atoms with Crippen molar-refractivity contribution >= 4 is 39.5 Å². The summed E-state index contributed by atoms with van der Waals surface area (Å²) >= 11 is 3.28. The van der Waals surface area contributed by atoms with E-state index in [1.807, 2.05) is 0 Å². The molecule has 2 aromatic rings. The molecule has 3 rings (SSSR count). The summed E-state index contributed by atoms with van der Waals surface area (Å²) in [4.78, 5) is 36.2. The van der Waals surface area contributed by atoms with Crippen molar-refractivity contribution in [2.24, 2.45) is 0 Å². The van der Waals surface area contributed by atoms with E-state index in [0.717, 1.165) is 4.90 Å². The van der Waals surface area contributed by atoms with E-state index in [1.165, 1.54) is 31.2 Å². The molecule has 0 aliphatic carbocycles. The number of benzene rings is 1. The molecule has 2 amide bonds. The highest BCUT2D eigenvalue weighted by Crippen LogP contribution is 2.34. The molecule has 10 heteroatoms.